The predicted octanol–water partition coefficient (Wildman–Crippen LogP) is 3.88. The molecule has 0 saturated carbocycles. The molecule has 1 heterocycles. The van der Waals surface area contributed by atoms with Gasteiger partial charge in [0.15, 0.2) is 0 Å². The van der Waals surface area contributed by atoms with Crippen molar-refractivity contribution in [2.24, 2.45) is 0 Å². The minimum Gasteiger partial charge on any atom is -0.380 e. The first-order valence-corrected chi connectivity index (χ1v) is 7.49. The molecule has 0 radical (unpaired) electrons. The molecular weight excluding hydrogens is 278 g/mol. The molecule has 2 rings (SSSR count). The van der Waals surface area contributed by atoms with Crippen LogP contribution in [-0.4, -0.2) is 13.7 Å². The zero-order valence-corrected chi connectivity index (χ0v) is 12.6. The van der Waals surface area contributed by atoms with Crippen LogP contribution in [-0.2, 0) is 24.3 Å². The Morgan fingerprint density at radius 3 is 2.79 bits per heavy atom. The summed E-state index contributed by atoms with van der Waals surface area (Å²) in [4.78, 5) is 1.32. The number of rotatable bonds is 7. The maximum absolute atomic E-state index is 5.90. The molecule has 4 heteroatoms. The van der Waals surface area contributed by atoms with E-state index in [1.165, 1.54) is 16.0 Å². The van der Waals surface area contributed by atoms with Gasteiger partial charge < -0.3 is 10.1 Å². The molecule has 1 aromatic heterocycles. The first kappa shape index (κ1) is 14.5. The molecule has 0 saturated heterocycles. The van der Waals surface area contributed by atoms with Gasteiger partial charge in [0.05, 0.1) is 10.9 Å². The summed E-state index contributed by atoms with van der Waals surface area (Å²) in [5.74, 6) is 0. The number of nitrogens with one attached hydrogen (secondary N) is 1. The Bertz CT molecular complexity index is 512. The average Bonchev–Trinajstić information content (AvgIpc) is 2.82. The molecular formula is C15H18ClNOS. The molecule has 0 amide bonds. The van der Waals surface area contributed by atoms with Gasteiger partial charge in [0, 0.05) is 25.1 Å². The summed E-state index contributed by atoms with van der Waals surface area (Å²) in [6, 6.07) is 12.5. The molecule has 0 aliphatic heterocycles. The van der Waals surface area contributed by atoms with E-state index in [4.69, 9.17) is 16.3 Å². The molecule has 0 bridgehead atoms. The SMILES string of the molecule is COCc1cccc(CNCCc2ccc(Cl)s2)c1. The molecule has 2 aromatic rings. The van der Waals surface area contributed by atoms with Crippen molar-refractivity contribution in [1.29, 1.82) is 0 Å². The number of thiophene rings is 1. The van der Waals surface area contributed by atoms with Gasteiger partial charge in [-0.15, -0.1) is 11.3 Å². The first-order chi connectivity index (χ1) is 9.28. The number of benzene rings is 1. The Morgan fingerprint density at radius 1 is 1.21 bits per heavy atom. The van der Waals surface area contributed by atoms with E-state index in [1.54, 1.807) is 18.4 Å². The third-order valence-corrected chi connectivity index (χ3v) is 4.10. The number of ether oxygens (including phenoxy) is 1. The van der Waals surface area contributed by atoms with Crippen molar-refractivity contribution < 1.29 is 4.74 Å². The van der Waals surface area contributed by atoms with Gasteiger partial charge in [0.25, 0.3) is 0 Å². The van der Waals surface area contributed by atoms with E-state index in [2.05, 4.69) is 35.6 Å². The van der Waals surface area contributed by atoms with Gasteiger partial charge in [-0.05, 0) is 29.7 Å². The van der Waals surface area contributed by atoms with Gasteiger partial charge in [-0.2, -0.15) is 0 Å². The fourth-order valence-corrected chi connectivity index (χ4v) is 3.01. The molecule has 0 unspecified atom stereocenters. The zero-order valence-electron chi connectivity index (χ0n) is 11.0. The lowest BCUT2D eigenvalue weighted by Gasteiger charge is -2.06. The number of hydrogen-bond acceptors (Lipinski definition) is 3. The molecule has 0 aliphatic carbocycles. The van der Waals surface area contributed by atoms with Crippen molar-refractivity contribution in [1.82, 2.24) is 5.32 Å². The first-order valence-electron chi connectivity index (χ1n) is 6.29. The second-order valence-corrected chi connectivity index (χ2v) is 6.19. The summed E-state index contributed by atoms with van der Waals surface area (Å²) in [7, 11) is 1.72. The second-order valence-electron chi connectivity index (χ2n) is 4.39. The van der Waals surface area contributed by atoms with Crippen LogP contribution in [0.15, 0.2) is 36.4 Å². The molecule has 1 N–H and O–H groups in total. The Balaban J connectivity index is 1.74. The normalized spacial score (nSPS) is 10.8. The molecule has 0 aliphatic rings. The highest BCUT2D eigenvalue weighted by Crippen LogP contribution is 2.21. The molecule has 102 valence electrons. The fraction of sp³-hybridized carbons (Fsp3) is 0.333. The van der Waals surface area contributed by atoms with Crippen molar-refractivity contribution >= 4 is 22.9 Å². The third kappa shape index (κ3) is 4.96. The summed E-state index contributed by atoms with van der Waals surface area (Å²) in [6.07, 6.45) is 1.02. The van der Waals surface area contributed by atoms with Crippen LogP contribution < -0.4 is 5.32 Å². The summed E-state index contributed by atoms with van der Waals surface area (Å²) in [5.41, 5.74) is 2.51. The van der Waals surface area contributed by atoms with Gasteiger partial charge in [0.2, 0.25) is 0 Å². The topological polar surface area (TPSA) is 21.3 Å². The second kappa shape index (κ2) is 7.65. The van der Waals surface area contributed by atoms with Crippen LogP contribution in [0.1, 0.15) is 16.0 Å². The fourth-order valence-electron chi connectivity index (χ4n) is 1.93. The van der Waals surface area contributed by atoms with Crippen molar-refractivity contribution in [2.45, 2.75) is 19.6 Å². The third-order valence-electron chi connectivity index (χ3n) is 2.81. The van der Waals surface area contributed by atoms with Crippen LogP contribution >= 0.6 is 22.9 Å². The van der Waals surface area contributed by atoms with Crippen molar-refractivity contribution in [2.75, 3.05) is 13.7 Å². The standard InChI is InChI=1S/C15H18ClNOS/c1-18-11-13-4-2-3-12(9-13)10-17-8-7-14-5-6-15(16)19-14/h2-6,9,17H,7-8,10-11H2,1H3. The maximum atomic E-state index is 5.90. The Kier molecular flexibility index (Phi) is 5.86. The van der Waals surface area contributed by atoms with Crippen molar-refractivity contribution in [3.8, 4) is 0 Å². The van der Waals surface area contributed by atoms with Gasteiger partial charge in [-0.1, -0.05) is 35.9 Å². The van der Waals surface area contributed by atoms with E-state index >= 15 is 0 Å². The summed E-state index contributed by atoms with van der Waals surface area (Å²) in [5, 5.41) is 3.45. The quantitative estimate of drug-likeness (QED) is 0.783. The van der Waals surface area contributed by atoms with Crippen LogP contribution in [0.25, 0.3) is 0 Å². The molecule has 0 fully saturated rings. The minimum absolute atomic E-state index is 0.668. The number of methoxy groups -OCH3 is 1. The van der Waals surface area contributed by atoms with Gasteiger partial charge in [-0.3, -0.25) is 0 Å². The van der Waals surface area contributed by atoms with E-state index in [-0.39, 0.29) is 0 Å². The highest BCUT2D eigenvalue weighted by Gasteiger charge is 1.99. The van der Waals surface area contributed by atoms with Gasteiger partial charge in [0.1, 0.15) is 0 Å². The van der Waals surface area contributed by atoms with Crippen LogP contribution in [0.4, 0.5) is 0 Å². The highest BCUT2D eigenvalue weighted by atomic mass is 35.5. The molecule has 0 spiro atoms. The monoisotopic (exact) mass is 295 g/mol. The van der Waals surface area contributed by atoms with Gasteiger partial charge in [-0.25, -0.2) is 0 Å². The predicted molar refractivity (Wildman–Crippen MR) is 81.9 cm³/mol. The Morgan fingerprint density at radius 2 is 2.05 bits per heavy atom. The Labute approximate surface area is 123 Å². The summed E-state index contributed by atoms with van der Waals surface area (Å²) in [6.45, 7) is 2.52. The van der Waals surface area contributed by atoms with Crippen molar-refractivity contribution in [3.63, 3.8) is 0 Å². The molecule has 19 heavy (non-hydrogen) atoms. The van der Waals surface area contributed by atoms with E-state index in [0.29, 0.717) is 6.61 Å². The molecule has 2 nitrogen and oxygen atoms in total. The average molecular weight is 296 g/mol. The van der Waals surface area contributed by atoms with E-state index in [9.17, 15) is 0 Å². The molecule has 0 atom stereocenters. The lowest BCUT2D eigenvalue weighted by molar-refractivity contribution is 0.185. The minimum atomic E-state index is 0.668. The van der Waals surface area contributed by atoms with E-state index in [0.717, 1.165) is 23.8 Å². The highest BCUT2D eigenvalue weighted by molar-refractivity contribution is 7.16. The number of hydrogen-bond donors (Lipinski definition) is 1. The van der Waals surface area contributed by atoms with Gasteiger partial charge >= 0.3 is 0 Å². The summed E-state index contributed by atoms with van der Waals surface area (Å²) >= 11 is 7.55. The largest absolute Gasteiger partial charge is 0.380 e. The van der Waals surface area contributed by atoms with E-state index in [1.807, 2.05) is 6.07 Å². The van der Waals surface area contributed by atoms with E-state index < -0.39 is 0 Å². The maximum Gasteiger partial charge on any atom is 0.0931 e. The lowest BCUT2D eigenvalue weighted by Crippen LogP contribution is -2.16. The molecule has 1 aromatic carbocycles. The Hall–Kier alpha value is -0.870. The summed E-state index contributed by atoms with van der Waals surface area (Å²) < 4.78 is 6.00. The zero-order chi connectivity index (χ0) is 13.5. The lowest BCUT2D eigenvalue weighted by atomic mass is 10.1. The van der Waals surface area contributed by atoms with Crippen LogP contribution in [0.5, 0.6) is 0 Å². The van der Waals surface area contributed by atoms with Crippen LogP contribution in [0.3, 0.4) is 0 Å². The van der Waals surface area contributed by atoms with Crippen LogP contribution in [0.2, 0.25) is 4.34 Å². The van der Waals surface area contributed by atoms with Crippen molar-refractivity contribution in [3.05, 3.63) is 56.7 Å². The smallest absolute Gasteiger partial charge is 0.0931 e. The number of halogens is 1. The van der Waals surface area contributed by atoms with Crippen LogP contribution in [0, 0.1) is 0 Å².